The van der Waals surface area contributed by atoms with Gasteiger partial charge in [-0.3, -0.25) is 9.69 Å². The molecule has 2 heterocycles. The smallest absolute Gasteiger partial charge is 0.183 e. The van der Waals surface area contributed by atoms with E-state index in [-0.39, 0.29) is 11.4 Å². The van der Waals surface area contributed by atoms with Crippen LogP contribution in [-0.2, 0) is 22.3 Å². The van der Waals surface area contributed by atoms with Gasteiger partial charge in [0.05, 0.1) is 36.9 Å². The summed E-state index contributed by atoms with van der Waals surface area (Å²) in [5.41, 5.74) is 11.5. The summed E-state index contributed by atoms with van der Waals surface area (Å²) in [6, 6.07) is 33.6. The molecule has 4 atom stereocenters. The number of fused-ring (bicyclic) bond motifs is 2. The number of benzene rings is 4. The number of hydrogen-bond donors (Lipinski definition) is 1. The zero-order valence-electron chi connectivity index (χ0n) is 38.1. The number of carbonyl (C=O) groups excluding carboxylic acids is 1. The molecule has 0 aliphatic carbocycles. The molecular weight excluding hydrogens is 772 g/mol. The number of Topliss-reactive ketones (excluding diaryl/α,β-unsaturated/α-hetero) is 1. The van der Waals surface area contributed by atoms with Gasteiger partial charge in [-0.2, -0.15) is 0 Å². The molecule has 0 saturated carbocycles. The van der Waals surface area contributed by atoms with Crippen molar-refractivity contribution in [2.45, 2.75) is 110 Å². The fourth-order valence-corrected chi connectivity index (χ4v) is 14.5. The van der Waals surface area contributed by atoms with E-state index in [1.807, 2.05) is 18.2 Å². The largest absolute Gasteiger partial charge is 0.378 e. The van der Waals surface area contributed by atoms with Crippen LogP contribution in [0, 0.1) is 11.8 Å². The van der Waals surface area contributed by atoms with Gasteiger partial charge in [0.25, 0.3) is 0 Å². The van der Waals surface area contributed by atoms with Gasteiger partial charge in [-0.25, -0.2) is 4.98 Å². The van der Waals surface area contributed by atoms with Crippen molar-refractivity contribution in [2.75, 3.05) is 57.6 Å². The van der Waals surface area contributed by atoms with Crippen molar-refractivity contribution in [3.05, 3.63) is 119 Å². The van der Waals surface area contributed by atoms with Gasteiger partial charge < -0.3 is 19.9 Å². The number of rotatable bonds is 23. The van der Waals surface area contributed by atoms with Crippen molar-refractivity contribution in [1.82, 2.24) is 9.88 Å². The number of morpholine rings is 1. The molecule has 61 heavy (non-hydrogen) atoms. The van der Waals surface area contributed by atoms with E-state index in [1.165, 1.54) is 0 Å². The third-order valence-electron chi connectivity index (χ3n) is 13.8. The van der Waals surface area contributed by atoms with E-state index in [0.29, 0.717) is 62.3 Å². The molecule has 1 fully saturated rings. The lowest BCUT2D eigenvalue weighted by atomic mass is 9.77. The SMILES string of the molecule is CCCCC(CC)CP(=O)(CC(CC)CCCC)C(CC(Cc1ccc(CN)cc1)(C(=O)c1ccc(N2CCOCC2)cc1)N(C)C)c1cccc2nc3ccccc3cc12. The van der Waals surface area contributed by atoms with Gasteiger partial charge in [-0.15, -0.1) is 0 Å². The van der Waals surface area contributed by atoms with Crippen LogP contribution in [0.5, 0.6) is 0 Å². The summed E-state index contributed by atoms with van der Waals surface area (Å²) in [5.74, 6) is 0.740. The van der Waals surface area contributed by atoms with E-state index >= 15 is 9.36 Å². The van der Waals surface area contributed by atoms with Gasteiger partial charge in [-0.1, -0.05) is 134 Å². The Hall–Kier alpha value is -3.87. The van der Waals surface area contributed by atoms with Crippen LogP contribution < -0.4 is 10.6 Å². The van der Waals surface area contributed by atoms with Gasteiger partial charge in [0, 0.05) is 59.6 Å². The zero-order valence-corrected chi connectivity index (χ0v) is 39.0. The van der Waals surface area contributed by atoms with Crippen LogP contribution >= 0.6 is 7.14 Å². The number of hydrogen-bond acceptors (Lipinski definition) is 7. The minimum atomic E-state index is -3.09. The van der Waals surface area contributed by atoms with E-state index in [9.17, 15) is 0 Å². The highest BCUT2D eigenvalue weighted by Gasteiger charge is 2.49. The molecule has 1 aromatic heterocycles. The van der Waals surface area contributed by atoms with Crippen LogP contribution in [-0.4, -0.2) is 73.9 Å². The van der Waals surface area contributed by atoms with Crippen LogP contribution in [0.3, 0.4) is 0 Å². The van der Waals surface area contributed by atoms with Crippen molar-refractivity contribution in [3.63, 3.8) is 0 Å². The first-order valence-corrected chi connectivity index (χ1v) is 25.5. The number of aromatic nitrogens is 1. The second-order valence-electron chi connectivity index (χ2n) is 18.1. The van der Waals surface area contributed by atoms with E-state index < -0.39 is 12.7 Å². The van der Waals surface area contributed by atoms with Crippen LogP contribution in [0.15, 0.2) is 97.1 Å². The van der Waals surface area contributed by atoms with Crippen molar-refractivity contribution >= 4 is 40.4 Å². The first-order valence-electron chi connectivity index (χ1n) is 23.4. The Morgan fingerprint density at radius 1 is 0.803 bits per heavy atom. The summed E-state index contributed by atoms with van der Waals surface area (Å²) in [5, 5.41) is 2.10. The van der Waals surface area contributed by atoms with E-state index in [4.69, 9.17) is 15.5 Å². The zero-order chi connectivity index (χ0) is 43.4. The summed E-state index contributed by atoms with van der Waals surface area (Å²) in [7, 11) is 1.02. The first-order chi connectivity index (χ1) is 29.6. The maximum absolute atomic E-state index is 17.1. The quantitative estimate of drug-likeness (QED) is 0.0398. The minimum Gasteiger partial charge on any atom is -0.378 e. The van der Waals surface area contributed by atoms with Crippen molar-refractivity contribution in [3.8, 4) is 0 Å². The number of likely N-dealkylation sites (N-methyl/N-ethyl adjacent to an activating group) is 1. The van der Waals surface area contributed by atoms with Crippen LogP contribution in [0.2, 0.25) is 0 Å². The molecule has 8 heteroatoms. The fourth-order valence-electron chi connectivity index (χ4n) is 9.83. The number of unbranched alkanes of at least 4 members (excludes halogenated alkanes) is 2. The summed E-state index contributed by atoms with van der Waals surface area (Å²) in [4.78, 5) is 25.6. The molecule has 4 aromatic carbocycles. The average molecular weight is 845 g/mol. The van der Waals surface area contributed by atoms with Crippen molar-refractivity contribution < 1.29 is 14.1 Å². The molecule has 4 unspecified atom stereocenters. The van der Waals surface area contributed by atoms with E-state index in [0.717, 1.165) is 109 Å². The number of nitrogens with two attached hydrogens (primary N) is 1. The number of carbonyl (C=O) groups is 1. The van der Waals surface area contributed by atoms with Crippen LogP contribution in [0.4, 0.5) is 5.69 Å². The Morgan fingerprint density at radius 2 is 1.41 bits per heavy atom. The second-order valence-corrected chi connectivity index (χ2v) is 21.3. The molecular formula is C53H73N4O3P. The van der Waals surface area contributed by atoms with Crippen molar-refractivity contribution in [2.24, 2.45) is 17.6 Å². The highest BCUT2D eigenvalue weighted by atomic mass is 31.2. The van der Waals surface area contributed by atoms with Gasteiger partial charge in [0.15, 0.2) is 5.78 Å². The van der Waals surface area contributed by atoms with Crippen LogP contribution in [0.25, 0.3) is 21.8 Å². The molecule has 1 aliphatic heterocycles. The fraction of sp³-hybridized carbons (Fsp3) is 0.509. The molecule has 2 N–H and O–H groups in total. The molecule has 6 rings (SSSR count). The van der Waals surface area contributed by atoms with Crippen molar-refractivity contribution in [1.29, 1.82) is 0 Å². The number of nitrogens with zero attached hydrogens (tertiary/aromatic N) is 3. The van der Waals surface area contributed by atoms with Gasteiger partial charge in [0.2, 0.25) is 0 Å². The normalized spacial score (nSPS) is 17.0. The number of pyridine rings is 1. The molecule has 5 aromatic rings. The molecule has 0 bridgehead atoms. The predicted octanol–water partition coefficient (Wildman–Crippen LogP) is 12.3. The van der Waals surface area contributed by atoms with Gasteiger partial charge in [0.1, 0.15) is 0 Å². The molecule has 1 saturated heterocycles. The second kappa shape index (κ2) is 22.0. The molecule has 328 valence electrons. The molecule has 0 radical (unpaired) electrons. The number of ether oxygens (including phenoxy) is 1. The van der Waals surface area contributed by atoms with E-state index in [2.05, 4.69) is 130 Å². The van der Waals surface area contributed by atoms with Crippen LogP contribution in [0.1, 0.15) is 118 Å². The Bertz CT molecular complexity index is 2180. The lowest BCUT2D eigenvalue weighted by Gasteiger charge is -2.44. The lowest BCUT2D eigenvalue weighted by molar-refractivity contribution is 0.0649. The standard InChI is InChI=1S/C53H73N4O3P/c1-7-11-16-40(9-3)38-61(59,39-41(10-4)17-12-8-2)51(47-19-15-21-50-48(47)34-45-18-13-14-20-49(45)55-50)36-53(56(5)6,35-42-22-24-43(37-54)25-23-42)52(58)44-26-28-46(29-27-44)57-30-32-60-33-31-57/h13-15,18-29,34,40-41,51H,7-12,16-17,30-33,35-39,54H2,1-6H3. The molecule has 7 nitrogen and oxygen atoms in total. The summed E-state index contributed by atoms with van der Waals surface area (Å²) >= 11 is 0. The maximum atomic E-state index is 17.1. The van der Waals surface area contributed by atoms with E-state index in [1.54, 1.807) is 0 Å². The minimum absolute atomic E-state index is 0.0605. The third kappa shape index (κ3) is 11.2. The Kier molecular flexibility index (Phi) is 16.8. The maximum Gasteiger partial charge on any atom is 0.183 e. The summed E-state index contributed by atoms with van der Waals surface area (Å²) < 4.78 is 22.8. The predicted molar refractivity (Wildman–Crippen MR) is 259 cm³/mol. The number of anilines is 1. The van der Waals surface area contributed by atoms with Gasteiger partial charge in [-0.05, 0) is 97.9 Å². The number of para-hydroxylation sites is 1. The Balaban J connectivity index is 1.59. The summed E-state index contributed by atoms with van der Waals surface area (Å²) in [6.45, 7) is 12.6. The average Bonchev–Trinajstić information content (AvgIpc) is 3.29. The topological polar surface area (TPSA) is 88.8 Å². The molecule has 1 aliphatic rings. The Morgan fingerprint density at radius 3 is 2.00 bits per heavy atom. The molecule has 0 amide bonds. The third-order valence-corrected chi connectivity index (χ3v) is 17.7. The lowest BCUT2D eigenvalue weighted by Crippen LogP contribution is -2.54. The highest BCUT2D eigenvalue weighted by molar-refractivity contribution is 7.64. The van der Waals surface area contributed by atoms with Gasteiger partial charge >= 0.3 is 0 Å². The Labute approximate surface area is 367 Å². The number of ketones is 1. The summed E-state index contributed by atoms with van der Waals surface area (Å²) in [6.07, 6.45) is 10.9. The monoisotopic (exact) mass is 845 g/mol. The highest BCUT2D eigenvalue weighted by Crippen LogP contribution is 2.66. The molecule has 0 spiro atoms. The first kappa shape index (κ1) is 46.6.